The second kappa shape index (κ2) is 10.2. The Hall–Kier alpha value is -3.38. The molecule has 0 bridgehead atoms. The Bertz CT molecular complexity index is 1020. The first-order valence-electron chi connectivity index (χ1n) is 9.36. The van der Waals surface area contributed by atoms with Crippen LogP contribution in [0.15, 0.2) is 54.6 Å². The lowest BCUT2D eigenvalue weighted by atomic mass is 9.95. The molecule has 156 valence electrons. The van der Waals surface area contributed by atoms with E-state index in [1.165, 1.54) is 13.2 Å². The minimum absolute atomic E-state index is 0. The normalized spacial score (nSPS) is 10.2. The topological polar surface area (TPSA) is 111 Å². The largest absolute Gasteiger partial charge is 0.495 e. The van der Waals surface area contributed by atoms with E-state index in [1.807, 2.05) is 56.3 Å². The van der Waals surface area contributed by atoms with Crippen molar-refractivity contribution < 1.29 is 17.1 Å². The van der Waals surface area contributed by atoms with E-state index < -0.39 is 5.91 Å². The molecule has 3 aromatic carbocycles. The summed E-state index contributed by atoms with van der Waals surface area (Å²) in [5.74, 6) is -0.403. The van der Waals surface area contributed by atoms with Gasteiger partial charge >= 0.3 is 0 Å². The van der Waals surface area contributed by atoms with Crippen LogP contribution in [0.4, 0.5) is 5.69 Å². The first kappa shape index (κ1) is 21.9. The average Bonchev–Trinajstić information content (AvgIpc) is 2.73. The van der Waals surface area contributed by atoms with Gasteiger partial charge in [-0.3, -0.25) is 10.2 Å². The van der Waals surface area contributed by atoms with Crippen LogP contribution in [0.3, 0.4) is 0 Å². The van der Waals surface area contributed by atoms with Crippen LogP contribution in [0.5, 0.6) is 5.75 Å². The van der Waals surface area contributed by atoms with Crippen LogP contribution >= 0.6 is 0 Å². The highest BCUT2D eigenvalue weighted by molar-refractivity contribution is 6.18. The fourth-order valence-corrected chi connectivity index (χ4v) is 2.96. The number of amides is 1. The van der Waals surface area contributed by atoms with E-state index in [1.54, 1.807) is 6.07 Å². The molecular weight excluding hydrogens is 366 g/mol. The second-order valence-electron chi connectivity index (χ2n) is 6.19. The van der Waals surface area contributed by atoms with Crippen molar-refractivity contribution in [1.82, 2.24) is 0 Å². The first-order chi connectivity index (χ1) is 13.9. The molecule has 0 atom stereocenters. The SMILES string of the molecule is CCOCC.COc1c(C(N)=O)ccc(N)c1C(=N)c1ccc2ccccc2c1.[HH].[HH]. The van der Waals surface area contributed by atoms with Crippen molar-refractivity contribution in [2.24, 2.45) is 5.73 Å². The molecule has 0 aliphatic carbocycles. The lowest BCUT2D eigenvalue weighted by molar-refractivity contribution is 0.0997. The number of nitrogens with one attached hydrogen (secondary N) is 1. The summed E-state index contributed by atoms with van der Waals surface area (Å²) >= 11 is 0. The van der Waals surface area contributed by atoms with E-state index in [-0.39, 0.29) is 19.9 Å². The maximum atomic E-state index is 11.6. The molecule has 29 heavy (non-hydrogen) atoms. The standard InChI is InChI=1S/C19H17N3O2.C4H10O.2H2/c1-24-18-14(19(22)23)8-9-15(20)16(18)17(21)13-7-6-11-4-2-3-5-12(11)10-13;1-3-5-4-2;;/h2-10,21H,20H2,1H3,(H2,22,23);3-4H2,1-2H3;2*1H. The molecule has 0 unspecified atom stereocenters. The Balaban J connectivity index is 0.00000116. The van der Waals surface area contributed by atoms with Gasteiger partial charge in [0.15, 0.2) is 0 Å². The second-order valence-corrected chi connectivity index (χ2v) is 6.19. The molecule has 5 N–H and O–H groups in total. The fraction of sp³-hybridized carbons (Fsp3) is 0.217. The van der Waals surface area contributed by atoms with E-state index in [9.17, 15) is 4.79 Å². The molecular formula is C23H31N3O3. The number of carbonyl (C=O) groups excluding carboxylic acids is 1. The number of anilines is 1. The van der Waals surface area contributed by atoms with E-state index in [0.717, 1.165) is 24.0 Å². The van der Waals surface area contributed by atoms with Gasteiger partial charge in [0.1, 0.15) is 5.75 Å². The van der Waals surface area contributed by atoms with E-state index >= 15 is 0 Å². The third kappa shape index (κ3) is 5.12. The number of ether oxygens (including phenoxy) is 2. The van der Waals surface area contributed by atoms with Gasteiger partial charge in [0.05, 0.1) is 23.9 Å². The zero-order chi connectivity index (χ0) is 21.4. The van der Waals surface area contributed by atoms with Crippen molar-refractivity contribution in [2.45, 2.75) is 13.8 Å². The smallest absolute Gasteiger partial charge is 0.252 e. The zero-order valence-electron chi connectivity index (χ0n) is 17.0. The van der Waals surface area contributed by atoms with E-state index in [0.29, 0.717) is 16.8 Å². The Labute approximate surface area is 173 Å². The monoisotopic (exact) mass is 397 g/mol. The minimum Gasteiger partial charge on any atom is -0.495 e. The maximum Gasteiger partial charge on any atom is 0.252 e. The zero-order valence-corrected chi connectivity index (χ0v) is 17.0. The first-order valence-corrected chi connectivity index (χ1v) is 9.36. The number of hydrogen-bond donors (Lipinski definition) is 3. The summed E-state index contributed by atoms with van der Waals surface area (Å²) in [6.45, 7) is 5.67. The summed E-state index contributed by atoms with van der Waals surface area (Å²) in [6, 6.07) is 16.7. The third-order valence-electron chi connectivity index (χ3n) is 4.36. The molecule has 0 saturated heterocycles. The third-order valence-corrected chi connectivity index (χ3v) is 4.36. The van der Waals surface area contributed by atoms with Crippen LogP contribution in [0.2, 0.25) is 0 Å². The summed E-state index contributed by atoms with van der Waals surface area (Å²) in [5, 5.41) is 10.7. The Morgan fingerprint density at radius 2 is 1.69 bits per heavy atom. The number of nitrogens with two attached hydrogens (primary N) is 2. The van der Waals surface area contributed by atoms with Crippen molar-refractivity contribution in [2.75, 3.05) is 26.1 Å². The number of carbonyl (C=O) groups is 1. The predicted octanol–water partition coefficient (Wildman–Crippen LogP) is 4.48. The van der Waals surface area contributed by atoms with Crippen LogP contribution < -0.4 is 16.2 Å². The lowest BCUT2D eigenvalue weighted by Gasteiger charge is -2.15. The van der Waals surface area contributed by atoms with Gasteiger partial charge in [-0.15, -0.1) is 0 Å². The Morgan fingerprint density at radius 3 is 2.24 bits per heavy atom. The van der Waals surface area contributed by atoms with Crippen molar-refractivity contribution in [3.05, 3.63) is 71.3 Å². The maximum absolute atomic E-state index is 11.6. The van der Waals surface area contributed by atoms with Gasteiger partial charge in [-0.2, -0.15) is 0 Å². The molecule has 1 amide bonds. The van der Waals surface area contributed by atoms with Gasteiger partial charge in [-0.1, -0.05) is 36.4 Å². The van der Waals surface area contributed by atoms with Crippen LogP contribution in [-0.2, 0) is 4.74 Å². The molecule has 0 fully saturated rings. The minimum atomic E-state index is -0.626. The number of methoxy groups -OCH3 is 1. The molecule has 3 rings (SSSR count). The molecule has 0 spiro atoms. The Kier molecular flexibility index (Phi) is 7.74. The van der Waals surface area contributed by atoms with Gasteiger partial charge in [0.2, 0.25) is 0 Å². The average molecular weight is 398 g/mol. The van der Waals surface area contributed by atoms with Gasteiger partial charge < -0.3 is 20.9 Å². The number of benzene rings is 3. The van der Waals surface area contributed by atoms with Gasteiger partial charge in [0, 0.05) is 27.3 Å². The summed E-state index contributed by atoms with van der Waals surface area (Å²) in [7, 11) is 1.43. The number of rotatable bonds is 6. The van der Waals surface area contributed by atoms with Gasteiger partial charge in [-0.05, 0) is 42.8 Å². The highest BCUT2D eigenvalue weighted by atomic mass is 16.5. The molecule has 0 heterocycles. The molecule has 0 aliphatic heterocycles. The van der Waals surface area contributed by atoms with Crippen molar-refractivity contribution in [1.29, 1.82) is 5.41 Å². The van der Waals surface area contributed by atoms with Crippen LogP contribution in [-0.4, -0.2) is 31.9 Å². The van der Waals surface area contributed by atoms with Crippen LogP contribution in [0.1, 0.15) is 38.2 Å². The summed E-state index contributed by atoms with van der Waals surface area (Å²) in [6.07, 6.45) is 0. The molecule has 0 aliphatic rings. The number of hydrogen-bond acceptors (Lipinski definition) is 5. The number of primary amides is 1. The van der Waals surface area contributed by atoms with Crippen molar-refractivity contribution in [3.8, 4) is 5.75 Å². The molecule has 6 heteroatoms. The number of nitrogen functional groups attached to an aromatic ring is 1. The predicted molar refractivity (Wildman–Crippen MR) is 122 cm³/mol. The lowest BCUT2D eigenvalue weighted by Crippen LogP contribution is -2.16. The van der Waals surface area contributed by atoms with Crippen LogP contribution in [0, 0.1) is 5.41 Å². The molecule has 0 radical (unpaired) electrons. The number of fused-ring (bicyclic) bond motifs is 1. The van der Waals surface area contributed by atoms with Crippen molar-refractivity contribution >= 4 is 28.1 Å². The summed E-state index contributed by atoms with van der Waals surface area (Å²) < 4.78 is 10.2. The molecule has 3 aromatic rings. The summed E-state index contributed by atoms with van der Waals surface area (Å²) in [4.78, 5) is 11.6. The van der Waals surface area contributed by atoms with Crippen molar-refractivity contribution in [3.63, 3.8) is 0 Å². The summed E-state index contributed by atoms with van der Waals surface area (Å²) in [5.41, 5.74) is 13.2. The van der Waals surface area contributed by atoms with Gasteiger partial charge in [0.25, 0.3) is 5.91 Å². The quantitative estimate of drug-likeness (QED) is 0.420. The van der Waals surface area contributed by atoms with Gasteiger partial charge in [-0.25, -0.2) is 0 Å². The highest BCUT2D eigenvalue weighted by Crippen LogP contribution is 2.31. The molecule has 0 aromatic heterocycles. The molecule has 6 nitrogen and oxygen atoms in total. The van der Waals surface area contributed by atoms with E-state index in [2.05, 4.69) is 0 Å². The highest BCUT2D eigenvalue weighted by Gasteiger charge is 2.20. The van der Waals surface area contributed by atoms with Crippen LogP contribution in [0.25, 0.3) is 10.8 Å². The van der Waals surface area contributed by atoms with E-state index in [4.69, 9.17) is 26.4 Å². The molecule has 0 saturated carbocycles. The fourth-order valence-electron chi connectivity index (χ4n) is 2.96. The Morgan fingerprint density at radius 1 is 1.03 bits per heavy atom.